The number of carbonyl (C=O) groups excluding carboxylic acids is 2. The highest BCUT2D eigenvalue weighted by Gasteiger charge is 2.46. The lowest BCUT2D eigenvalue weighted by atomic mass is 9.72. The highest BCUT2D eigenvalue weighted by atomic mass is 16.2. The summed E-state index contributed by atoms with van der Waals surface area (Å²) in [6.45, 7) is 6.24. The molecular weight excluding hydrogens is 386 g/mol. The first-order valence-electron chi connectivity index (χ1n) is 11.6. The van der Waals surface area contributed by atoms with Crippen molar-refractivity contribution in [3.8, 4) is 11.1 Å². The van der Waals surface area contributed by atoms with Crippen molar-refractivity contribution < 1.29 is 9.59 Å². The lowest BCUT2D eigenvalue weighted by Gasteiger charge is -2.41. The van der Waals surface area contributed by atoms with E-state index in [0.717, 1.165) is 24.0 Å². The lowest BCUT2D eigenvalue weighted by molar-refractivity contribution is -0.141. The normalized spacial score (nSPS) is 22.1. The van der Waals surface area contributed by atoms with E-state index >= 15 is 0 Å². The molecule has 2 atom stereocenters. The minimum atomic E-state index is -0.482. The number of carbonyl (C=O) groups is 2. The van der Waals surface area contributed by atoms with Crippen LogP contribution in [0.3, 0.4) is 0 Å². The van der Waals surface area contributed by atoms with E-state index in [1.807, 2.05) is 29.2 Å². The number of amides is 2. The number of piperidine rings is 1. The molecule has 0 unspecified atom stereocenters. The van der Waals surface area contributed by atoms with Crippen molar-refractivity contribution in [1.29, 1.82) is 0 Å². The summed E-state index contributed by atoms with van der Waals surface area (Å²) in [5, 5.41) is 3.16. The van der Waals surface area contributed by atoms with Crippen molar-refractivity contribution in [3.05, 3.63) is 54.4 Å². The second-order valence-electron chi connectivity index (χ2n) is 9.25. The highest BCUT2D eigenvalue weighted by Crippen LogP contribution is 2.42. The molecule has 4 rings (SSSR count). The van der Waals surface area contributed by atoms with Crippen LogP contribution >= 0.6 is 0 Å². The number of rotatable bonds is 7. The van der Waals surface area contributed by atoms with Crippen LogP contribution in [-0.4, -0.2) is 41.3 Å². The summed E-state index contributed by atoms with van der Waals surface area (Å²) in [5.41, 5.74) is 2.96. The molecule has 31 heavy (non-hydrogen) atoms. The van der Waals surface area contributed by atoms with E-state index < -0.39 is 5.41 Å². The average Bonchev–Trinajstić information content (AvgIpc) is 3.55. The predicted octanol–water partition coefficient (Wildman–Crippen LogP) is 4.08. The minimum Gasteiger partial charge on any atom is -0.356 e. The number of hydrogen-bond acceptors (Lipinski definition) is 3. The zero-order valence-electron chi connectivity index (χ0n) is 18.6. The fourth-order valence-electron chi connectivity index (χ4n) is 4.82. The fraction of sp³-hybridized carbons (Fsp3) is 0.500. The molecule has 2 aliphatic rings. The molecule has 1 saturated carbocycles. The number of hydrogen-bond donors (Lipinski definition) is 1. The van der Waals surface area contributed by atoms with Crippen LogP contribution in [0, 0.1) is 17.3 Å². The Morgan fingerprint density at radius 1 is 1.13 bits per heavy atom. The Hall–Kier alpha value is -2.69. The van der Waals surface area contributed by atoms with Crippen LogP contribution in [0.2, 0.25) is 0 Å². The molecule has 0 radical (unpaired) electrons. The number of benzene rings is 1. The molecule has 2 amide bonds. The monoisotopic (exact) mass is 419 g/mol. The van der Waals surface area contributed by atoms with E-state index in [0.29, 0.717) is 44.8 Å². The Bertz CT molecular complexity index is 919. The number of aromatic nitrogens is 1. The van der Waals surface area contributed by atoms with Crippen LogP contribution < -0.4 is 5.32 Å². The lowest BCUT2D eigenvalue weighted by Crippen LogP contribution is -2.51. The molecule has 2 aromatic rings. The van der Waals surface area contributed by atoms with Gasteiger partial charge in [-0.05, 0) is 66.8 Å². The van der Waals surface area contributed by atoms with Gasteiger partial charge in [0.1, 0.15) is 0 Å². The zero-order chi connectivity index (χ0) is 21.8. The first kappa shape index (κ1) is 21.5. The van der Waals surface area contributed by atoms with Crippen LogP contribution in [0.4, 0.5) is 0 Å². The van der Waals surface area contributed by atoms with Crippen LogP contribution in [0.5, 0.6) is 0 Å². The maximum atomic E-state index is 13.4. The van der Waals surface area contributed by atoms with Crippen molar-refractivity contribution in [2.24, 2.45) is 17.3 Å². The third kappa shape index (κ3) is 4.65. The average molecular weight is 420 g/mol. The topological polar surface area (TPSA) is 62.3 Å². The largest absolute Gasteiger partial charge is 0.356 e. The summed E-state index contributed by atoms with van der Waals surface area (Å²) in [4.78, 5) is 32.3. The quantitative estimate of drug-likeness (QED) is 0.735. The van der Waals surface area contributed by atoms with Gasteiger partial charge in [0.25, 0.3) is 0 Å². The predicted molar refractivity (Wildman–Crippen MR) is 122 cm³/mol. The van der Waals surface area contributed by atoms with Gasteiger partial charge in [0.15, 0.2) is 0 Å². The smallest absolute Gasteiger partial charge is 0.226 e. The summed E-state index contributed by atoms with van der Waals surface area (Å²) in [6, 6.07) is 12.4. The third-order valence-electron chi connectivity index (χ3n) is 7.01. The molecule has 1 aromatic heterocycles. The van der Waals surface area contributed by atoms with Gasteiger partial charge in [-0.1, -0.05) is 38.1 Å². The summed E-state index contributed by atoms with van der Waals surface area (Å²) in [5.74, 6) is 1.13. The molecular formula is C26H33N3O2. The molecule has 0 spiro atoms. The maximum absolute atomic E-state index is 13.4. The Morgan fingerprint density at radius 3 is 2.45 bits per heavy atom. The molecule has 5 heteroatoms. The van der Waals surface area contributed by atoms with Gasteiger partial charge in [-0.2, -0.15) is 0 Å². The fourth-order valence-corrected chi connectivity index (χ4v) is 4.82. The molecule has 1 aliphatic carbocycles. The number of likely N-dealkylation sites (tertiary alicyclic amines) is 1. The Morgan fingerprint density at radius 2 is 1.81 bits per heavy atom. The Balaban J connectivity index is 1.57. The molecule has 1 aliphatic heterocycles. The Kier molecular flexibility index (Phi) is 6.40. The van der Waals surface area contributed by atoms with Crippen LogP contribution in [0.15, 0.2) is 48.8 Å². The molecule has 1 saturated heterocycles. The van der Waals surface area contributed by atoms with Gasteiger partial charge < -0.3 is 10.2 Å². The van der Waals surface area contributed by atoms with Gasteiger partial charge in [0.2, 0.25) is 11.8 Å². The van der Waals surface area contributed by atoms with E-state index in [1.165, 1.54) is 5.56 Å². The summed E-state index contributed by atoms with van der Waals surface area (Å²) in [7, 11) is 0. The van der Waals surface area contributed by atoms with E-state index in [2.05, 4.69) is 36.3 Å². The molecule has 2 fully saturated rings. The summed E-state index contributed by atoms with van der Waals surface area (Å²) < 4.78 is 0. The van der Waals surface area contributed by atoms with Gasteiger partial charge >= 0.3 is 0 Å². The number of nitrogens with zero attached hydrogens (tertiary/aromatic N) is 2. The minimum absolute atomic E-state index is 0.130. The second-order valence-corrected chi connectivity index (χ2v) is 9.25. The van der Waals surface area contributed by atoms with E-state index in [4.69, 9.17) is 0 Å². The van der Waals surface area contributed by atoms with Crippen molar-refractivity contribution in [2.75, 3.05) is 19.6 Å². The van der Waals surface area contributed by atoms with Crippen LogP contribution in [0.1, 0.15) is 45.1 Å². The zero-order valence-corrected chi connectivity index (χ0v) is 18.6. The van der Waals surface area contributed by atoms with Crippen molar-refractivity contribution >= 4 is 11.8 Å². The van der Waals surface area contributed by atoms with Gasteiger partial charge in [-0.25, -0.2) is 0 Å². The Labute approximate surface area is 185 Å². The second kappa shape index (κ2) is 9.21. The van der Waals surface area contributed by atoms with E-state index in [1.54, 1.807) is 12.4 Å². The number of pyridine rings is 1. The highest BCUT2D eigenvalue weighted by molar-refractivity contribution is 5.85. The third-order valence-corrected chi connectivity index (χ3v) is 7.01. The van der Waals surface area contributed by atoms with Gasteiger partial charge in [0, 0.05) is 37.9 Å². The molecule has 5 nitrogen and oxygen atoms in total. The SMILES string of the molecule is CCCNC(=O)C1(Cc2ccccc2-c2ccncc2)CCN(C(=O)[C@H]2C[C@@H]2C)CC1. The summed E-state index contributed by atoms with van der Waals surface area (Å²) in [6.07, 6.45) is 7.64. The first-order chi connectivity index (χ1) is 15.0. The molecule has 1 aromatic carbocycles. The van der Waals surface area contributed by atoms with Crippen LogP contribution in [0.25, 0.3) is 11.1 Å². The van der Waals surface area contributed by atoms with Crippen molar-refractivity contribution in [3.63, 3.8) is 0 Å². The van der Waals surface area contributed by atoms with E-state index in [9.17, 15) is 9.59 Å². The maximum Gasteiger partial charge on any atom is 0.226 e. The van der Waals surface area contributed by atoms with Gasteiger partial charge in [0.05, 0.1) is 5.41 Å². The standard InChI is InChI=1S/C26H33N3O2/c1-3-12-28-25(31)26(10-15-29(16-11-26)24(30)23-17-19(23)2)18-21-6-4-5-7-22(21)20-8-13-27-14-9-20/h4-9,13-14,19,23H,3,10-12,15-18H2,1-2H3,(H,28,31)/t19-,23-/m0/s1. The molecule has 1 N–H and O–H groups in total. The summed E-state index contributed by atoms with van der Waals surface area (Å²) >= 11 is 0. The van der Waals surface area contributed by atoms with Gasteiger partial charge in [-0.15, -0.1) is 0 Å². The van der Waals surface area contributed by atoms with Crippen LogP contribution in [-0.2, 0) is 16.0 Å². The van der Waals surface area contributed by atoms with E-state index in [-0.39, 0.29) is 17.7 Å². The van der Waals surface area contributed by atoms with Crippen molar-refractivity contribution in [2.45, 2.75) is 46.0 Å². The first-order valence-corrected chi connectivity index (χ1v) is 11.6. The van der Waals surface area contributed by atoms with Crippen molar-refractivity contribution in [1.82, 2.24) is 15.2 Å². The number of nitrogens with one attached hydrogen (secondary N) is 1. The molecule has 0 bridgehead atoms. The molecule has 2 heterocycles. The van der Waals surface area contributed by atoms with Gasteiger partial charge in [-0.3, -0.25) is 14.6 Å². The molecule has 164 valence electrons.